The number of nitrogens with one attached hydrogen (secondary N) is 3. The fourth-order valence-electron chi connectivity index (χ4n) is 3.35. The van der Waals surface area contributed by atoms with E-state index < -0.39 is 21.8 Å². The SMILES string of the molecule is CNS(=O)(=O)Nc1nccc(Cc2cncc(Nc3ccc(CC(C)C)cc3F)c2C)c1F. The summed E-state index contributed by atoms with van der Waals surface area (Å²) in [6.45, 7) is 5.98. The maximum Gasteiger partial charge on any atom is 0.300 e. The molecule has 176 valence electrons. The Kier molecular flexibility index (Phi) is 7.60. The van der Waals surface area contributed by atoms with Crippen molar-refractivity contribution < 1.29 is 17.2 Å². The van der Waals surface area contributed by atoms with Gasteiger partial charge in [0.25, 0.3) is 10.2 Å². The van der Waals surface area contributed by atoms with Gasteiger partial charge in [-0.3, -0.25) is 9.71 Å². The lowest BCUT2D eigenvalue weighted by molar-refractivity contribution is 0.589. The van der Waals surface area contributed by atoms with Gasteiger partial charge in [0.15, 0.2) is 11.6 Å². The molecule has 1 aromatic carbocycles. The van der Waals surface area contributed by atoms with Gasteiger partial charge in [-0.05, 0) is 59.7 Å². The van der Waals surface area contributed by atoms with Crippen LogP contribution in [-0.2, 0) is 23.1 Å². The van der Waals surface area contributed by atoms with Crippen molar-refractivity contribution in [2.45, 2.75) is 33.6 Å². The summed E-state index contributed by atoms with van der Waals surface area (Å²) in [5.74, 6) is -1.11. The predicted octanol–water partition coefficient (Wildman–Crippen LogP) is 4.47. The van der Waals surface area contributed by atoms with Crippen LogP contribution in [0.1, 0.15) is 36.1 Å². The summed E-state index contributed by atoms with van der Waals surface area (Å²) in [4.78, 5) is 7.97. The Hall–Kier alpha value is -3.11. The highest BCUT2D eigenvalue weighted by atomic mass is 32.2. The number of hydrogen-bond acceptors (Lipinski definition) is 5. The van der Waals surface area contributed by atoms with Gasteiger partial charge in [-0.2, -0.15) is 8.42 Å². The molecular formula is C23H27F2N5O2S. The maximum atomic E-state index is 14.9. The highest BCUT2D eigenvalue weighted by molar-refractivity contribution is 7.90. The summed E-state index contributed by atoms with van der Waals surface area (Å²) < 4.78 is 57.0. The minimum Gasteiger partial charge on any atom is -0.352 e. The largest absolute Gasteiger partial charge is 0.352 e. The Morgan fingerprint density at radius 3 is 2.48 bits per heavy atom. The van der Waals surface area contributed by atoms with Crippen molar-refractivity contribution in [2.24, 2.45) is 5.92 Å². The monoisotopic (exact) mass is 475 g/mol. The third-order valence-corrected chi connectivity index (χ3v) is 6.12. The Morgan fingerprint density at radius 1 is 1.06 bits per heavy atom. The van der Waals surface area contributed by atoms with Crippen LogP contribution in [0.3, 0.4) is 0 Å². The lowest BCUT2D eigenvalue weighted by Gasteiger charge is -2.15. The number of benzene rings is 1. The summed E-state index contributed by atoms with van der Waals surface area (Å²) in [5.41, 5.74) is 3.55. The topological polar surface area (TPSA) is 96.0 Å². The Balaban J connectivity index is 1.84. The second-order valence-corrected chi connectivity index (χ2v) is 9.75. The van der Waals surface area contributed by atoms with Crippen LogP contribution in [-0.4, -0.2) is 25.4 Å². The number of rotatable bonds is 9. The van der Waals surface area contributed by atoms with Gasteiger partial charge >= 0.3 is 0 Å². The van der Waals surface area contributed by atoms with E-state index in [-0.39, 0.29) is 17.8 Å². The van der Waals surface area contributed by atoms with Crippen molar-refractivity contribution >= 4 is 27.4 Å². The molecule has 2 aromatic heterocycles. The van der Waals surface area contributed by atoms with Crippen molar-refractivity contribution in [3.05, 3.63) is 76.7 Å². The third-order valence-electron chi connectivity index (χ3n) is 5.12. The van der Waals surface area contributed by atoms with Crippen LogP contribution in [0.5, 0.6) is 0 Å². The molecule has 3 rings (SSSR count). The van der Waals surface area contributed by atoms with E-state index >= 15 is 0 Å². The van der Waals surface area contributed by atoms with Crippen LogP contribution in [0.15, 0.2) is 42.9 Å². The number of pyridine rings is 2. The third kappa shape index (κ3) is 6.23. The first-order chi connectivity index (χ1) is 15.6. The molecule has 0 amide bonds. The van der Waals surface area contributed by atoms with Gasteiger partial charge in [0.1, 0.15) is 5.82 Å². The molecule has 0 saturated heterocycles. The Morgan fingerprint density at radius 2 is 1.82 bits per heavy atom. The van der Waals surface area contributed by atoms with Crippen LogP contribution in [0.25, 0.3) is 0 Å². The van der Waals surface area contributed by atoms with Crippen molar-refractivity contribution in [2.75, 3.05) is 17.1 Å². The summed E-state index contributed by atoms with van der Waals surface area (Å²) in [5, 5.41) is 3.07. The highest BCUT2D eigenvalue weighted by Gasteiger charge is 2.17. The normalized spacial score (nSPS) is 11.6. The number of nitrogens with zero attached hydrogens (tertiary/aromatic N) is 2. The van der Waals surface area contributed by atoms with E-state index in [1.807, 2.05) is 22.4 Å². The molecule has 0 saturated carbocycles. The molecule has 0 spiro atoms. The van der Waals surface area contributed by atoms with Gasteiger partial charge < -0.3 is 5.32 Å². The Bertz CT molecular complexity index is 1250. The molecule has 0 bridgehead atoms. The molecule has 2 heterocycles. The average Bonchev–Trinajstić information content (AvgIpc) is 2.75. The van der Waals surface area contributed by atoms with Crippen molar-refractivity contribution in [1.82, 2.24) is 14.7 Å². The van der Waals surface area contributed by atoms with E-state index in [0.717, 1.165) is 17.5 Å². The summed E-state index contributed by atoms with van der Waals surface area (Å²) in [6.07, 6.45) is 5.44. The van der Waals surface area contributed by atoms with E-state index in [0.29, 0.717) is 22.9 Å². The van der Waals surface area contributed by atoms with Crippen LogP contribution < -0.4 is 14.8 Å². The highest BCUT2D eigenvalue weighted by Crippen LogP contribution is 2.27. The molecule has 3 N–H and O–H groups in total. The van der Waals surface area contributed by atoms with Crippen LogP contribution in [0.4, 0.5) is 26.0 Å². The van der Waals surface area contributed by atoms with E-state index in [1.165, 1.54) is 25.4 Å². The molecule has 0 atom stereocenters. The van der Waals surface area contributed by atoms with Crippen LogP contribution in [0.2, 0.25) is 0 Å². The summed E-state index contributed by atoms with van der Waals surface area (Å²) >= 11 is 0. The molecule has 0 fully saturated rings. The number of halogens is 2. The van der Waals surface area contributed by atoms with Crippen molar-refractivity contribution in [3.63, 3.8) is 0 Å². The van der Waals surface area contributed by atoms with Gasteiger partial charge in [-0.25, -0.2) is 18.5 Å². The lowest BCUT2D eigenvalue weighted by atomic mass is 10.0. The zero-order chi connectivity index (χ0) is 24.2. The smallest absolute Gasteiger partial charge is 0.300 e. The van der Waals surface area contributed by atoms with Gasteiger partial charge in [0.2, 0.25) is 0 Å². The molecule has 33 heavy (non-hydrogen) atoms. The van der Waals surface area contributed by atoms with E-state index in [4.69, 9.17) is 0 Å². The predicted molar refractivity (Wildman–Crippen MR) is 126 cm³/mol. The molecule has 10 heteroatoms. The summed E-state index contributed by atoms with van der Waals surface area (Å²) in [6, 6.07) is 6.58. The summed E-state index contributed by atoms with van der Waals surface area (Å²) in [7, 11) is -2.70. The fourth-order valence-corrected chi connectivity index (χ4v) is 3.85. The van der Waals surface area contributed by atoms with E-state index in [9.17, 15) is 17.2 Å². The molecule has 0 aliphatic rings. The van der Waals surface area contributed by atoms with Crippen molar-refractivity contribution in [3.8, 4) is 0 Å². The van der Waals surface area contributed by atoms with Gasteiger partial charge in [-0.1, -0.05) is 19.9 Å². The van der Waals surface area contributed by atoms with Gasteiger partial charge in [0, 0.05) is 25.9 Å². The maximum absolute atomic E-state index is 14.9. The quantitative estimate of drug-likeness (QED) is 0.424. The number of anilines is 3. The van der Waals surface area contributed by atoms with Crippen LogP contribution in [0, 0.1) is 24.5 Å². The molecule has 0 unspecified atom stereocenters. The zero-order valence-corrected chi connectivity index (χ0v) is 19.7. The van der Waals surface area contributed by atoms with Crippen LogP contribution >= 0.6 is 0 Å². The van der Waals surface area contributed by atoms with Gasteiger partial charge in [0.05, 0.1) is 17.6 Å². The van der Waals surface area contributed by atoms with E-state index in [2.05, 4.69) is 29.1 Å². The van der Waals surface area contributed by atoms with Gasteiger partial charge in [-0.15, -0.1) is 0 Å². The molecular weight excluding hydrogens is 448 g/mol. The standard InChI is InChI=1S/C23H27F2N5O2S/c1-14(2)9-16-5-6-20(19(24)10-16)29-21-13-27-12-18(15(21)3)11-17-7-8-28-23(22(17)25)30-33(31,32)26-4/h5-8,10,12-14,26,29H,9,11H2,1-4H3,(H,28,30). The van der Waals surface area contributed by atoms with E-state index in [1.54, 1.807) is 18.5 Å². The molecule has 3 aromatic rings. The first kappa shape index (κ1) is 24.5. The molecule has 7 nitrogen and oxygen atoms in total. The molecule has 0 aliphatic carbocycles. The number of aromatic nitrogens is 2. The van der Waals surface area contributed by atoms with Crippen molar-refractivity contribution in [1.29, 1.82) is 0 Å². The molecule has 0 radical (unpaired) electrons. The lowest BCUT2D eigenvalue weighted by Crippen LogP contribution is -2.27. The first-order valence-corrected chi connectivity index (χ1v) is 11.9. The Labute approximate surface area is 192 Å². The first-order valence-electron chi connectivity index (χ1n) is 10.4. The minimum atomic E-state index is -3.91. The number of hydrogen-bond donors (Lipinski definition) is 3. The second-order valence-electron chi connectivity index (χ2n) is 8.13. The minimum absolute atomic E-state index is 0.146. The fraction of sp³-hybridized carbons (Fsp3) is 0.304. The molecule has 0 aliphatic heterocycles. The average molecular weight is 476 g/mol. The second kappa shape index (κ2) is 10.2. The zero-order valence-electron chi connectivity index (χ0n) is 18.9.